The molecule has 0 spiro atoms. The SMILES string of the molecule is CN1CCC(NC(=O)c2cc(Oc3ccc4c(c3)nc(Nc3cccc(C(C)(C)C)c3)n4C)ccn2)CC1. The van der Waals surface area contributed by atoms with Gasteiger partial charge in [0.25, 0.3) is 5.91 Å². The number of benzene rings is 2. The smallest absolute Gasteiger partial charge is 0.270 e. The highest BCUT2D eigenvalue weighted by Crippen LogP contribution is 2.30. The molecule has 3 heterocycles. The van der Waals surface area contributed by atoms with Gasteiger partial charge in [0.2, 0.25) is 5.95 Å². The van der Waals surface area contributed by atoms with Crippen molar-refractivity contribution in [1.29, 1.82) is 0 Å². The van der Waals surface area contributed by atoms with Crippen LogP contribution in [0, 0.1) is 0 Å². The molecule has 0 aliphatic carbocycles. The van der Waals surface area contributed by atoms with E-state index < -0.39 is 0 Å². The topological polar surface area (TPSA) is 84.3 Å². The van der Waals surface area contributed by atoms with Gasteiger partial charge in [0.1, 0.15) is 17.2 Å². The van der Waals surface area contributed by atoms with Crippen LogP contribution in [0.3, 0.4) is 0 Å². The molecule has 0 atom stereocenters. The summed E-state index contributed by atoms with van der Waals surface area (Å²) in [6.07, 6.45) is 3.49. The maximum absolute atomic E-state index is 12.8. The van der Waals surface area contributed by atoms with Gasteiger partial charge in [-0.3, -0.25) is 9.78 Å². The zero-order chi connectivity index (χ0) is 26.9. The highest BCUT2D eigenvalue weighted by Gasteiger charge is 2.20. The van der Waals surface area contributed by atoms with Crippen molar-refractivity contribution >= 4 is 28.6 Å². The number of imidazole rings is 1. The number of aryl methyl sites for hydroxylation is 1. The first-order valence-electron chi connectivity index (χ1n) is 13.1. The van der Waals surface area contributed by atoms with Crippen LogP contribution in [-0.4, -0.2) is 51.5 Å². The minimum absolute atomic E-state index is 0.0661. The van der Waals surface area contributed by atoms with E-state index in [-0.39, 0.29) is 17.4 Å². The van der Waals surface area contributed by atoms with Gasteiger partial charge in [-0.25, -0.2) is 4.98 Å². The van der Waals surface area contributed by atoms with E-state index in [0.29, 0.717) is 17.2 Å². The summed E-state index contributed by atoms with van der Waals surface area (Å²) in [6, 6.07) is 17.8. The Kier molecular flexibility index (Phi) is 7.08. The molecule has 0 unspecified atom stereocenters. The summed E-state index contributed by atoms with van der Waals surface area (Å²) in [5.41, 5.74) is 4.47. The number of piperidine rings is 1. The van der Waals surface area contributed by atoms with Crippen molar-refractivity contribution in [2.45, 2.75) is 45.1 Å². The molecule has 1 amide bonds. The number of hydrogen-bond donors (Lipinski definition) is 2. The number of aromatic nitrogens is 3. The fraction of sp³-hybridized carbons (Fsp3) is 0.367. The number of carbonyl (C=O) groups excluding carboxylic acids is 1. The molecule has 2 N–H and O–H groups in total. The van der Waals surface area contributed by atoms with Crippen molar-refractivity contribution in [2.75, 3.05) is 25.5 Å². The van der Waals surface area contributed by atoms with Gasteiger partial charge in [0.15, 0.2) is 0 Å². The van der Waals surface area contributed by atoms with E-state index in [1.54, 1.807) is 18.3 Å². The van der Waals surface area contributed by atoms with E-state index in [1.807, 2.05) is 35.9 Å². The molecule has 2 aromatic carbocycles. The van der Waals surface area contributed by atoms with Crippen molar-refractivity contribution in [3.63, 3.8) is 0 Å². The predicted octanol–water partition coefficient (Wildman–Crippen LogP) is 5.63. The van der Waals surface area contributed by atoms with Crippen molar-refractivity contribution in [3.05, 3.63) is 72.1 Å². The summed E-state index contributed by atoms with van der Waals surface area (Å²) < 4.78 is 8.13. The summed E-state index contributed by atoms with van der Waals surface area (Å²) in [5, 5.41) is 6.56. The van der Waals surface area contributed by atoms with Crippen LogP contribution in [0.2, 0.25) is 0 Å². The van der Waals surface area contributed by atoms with E-state index in [2.05, 4.69) is 66.5 Å². The molecule has 1 aliphatic rings. The average molecular weight is 513 g/mol. The summed E-state index contributed by atoms with van der Waals surface area (Å²) in [6.45, 7) is 8.58. The molecule has 0 saturated carbocycles. The van der Waals surface area contributed by atoms with Crippen LogP contribution >= 0.6 is 0 Å². The molecule has 0 radical (unpaired) electrons. The molecule has 4 aromatic rings. The average Bonchev–Trinajstić information content (AvgIpc) is 3.19. The van der Waals surface area contributed by atoms with Gasteiger partial charge in [-0.05, 0) is 74.3 Å². The minimum atomic E-state index is -0.170. The number of pyridine rings is 1. The van der Waals surface area contributed by atoms with Crippen molar-refractivity contribution in [2.24, 2.45) is 7.05 Å². The molecule has 38 heavy (non-hydrogen) atoms. The van der Waals surface area contributed by atoms with Gasteiger partial charge >= 0.3 is 0 Å². The molecule has 1 aliphatic heterocycles. The maximum Gasteiger partial charge on any atom is 0.270 e. The Balaban J connectivity index is 1.30. The normalized spacial score (nSPS) is 15.0. The lowest BCUT2D eigenvalue weighted by Gasteiger charge is -2.29. The van der Waals surface area contributed by atoms with E-state index in [1.165, 1.54) is 5.56 Å². The largest absolute Gasteiger partial charge is 0.457 e. The number of fused-ring (bicyclic) bond motifs is 1. The van der Waals surface area contributed by atoms with Gasteiger partial charge in [0, 0.05) is 37.1 Å². The van der Waals surface area contributed by atoms with Gasteiger partial charge in [-0.15, -0.1) is 0 Å². The number of ether oxygens (including phenoxy) is 1. The van der Waals surface area contributed by atoms with Crippen LogP contribution in [0.4, 0.5) is 11.6 Å². The number of rotatable bonds is 6. The van der Waals surface area contributed by atoms with Crippen molar-refractivity contribution in [1.82, 2.24) is 24.8 Å². The van der Waals surface area contributed by atoms with Crippen LogP contribution in [0.15, 0.2) is 60.8 Å². The van der Waals surface area contributed by atoms with Crippen molar-refractivity contribution in [3.8, 4) is 11.5 Å². The summed E-state index contributed by atoms with van der Waals surface area (Å²) in [5.74, 6) is 1.78. The highest BCUT2D eigenvalue weighted by atomic mass is 16.5. The number of carbonyl (C=O) groups is 1. The third kappa shape index (κ3) is 5.81. The van der Waals surface area contributed by atoms with E-state index in [0.717, 1.165) is 48.6 Å². The van der Waals surface area contributed by atoms with E-state index in [9.17, 15) is 4.79 Å². The third-order valence-electron chi connectivity index (χ3n) is 7.09. The predicted molar refractivity (Wildman–Crippen MR) is 151 cm³/mol. The molecule has 5 rings (SSSR count). The lowest BCUT2D eigenvalue weighted by atomic mass is 9.87. The first kappa shape index (κ1) is 25.7. The van der Waals surface area contributed by atoms with E-state index in [4.69, 9.17) is 9.72 Å². The van der Waals surface area contributed by atoms with Crippen LogP contribution in [0.5, 0.6) is 11.5 Å². The Morgan fingerprint density at radius 1 is 1.00 bits per heavy atom. The highest BCUT2D eigenvalue weighted by molar-refractivity contribution is 5.92. The lowest BCUT2D eigenvalue weighted by molar-refractivity contribution is 0.0911. The summed E-state index contributed by atoms with van der Waals surface area (Å²) in [7, 11) is 4.09. The molecule has 198 valence electrons. The number of amides is 1. The number of nitrogens with zero attached hydrogens (tertiary/aromatic N) is 4. The molecule has 8 nitrogen and oxygen atoms in total. The Hall–Kier alpha value is -3.91. The minimum Gasteiger partial charge on any atom is -0.457 e. The molecule has 8 heteroatoms. The van der Waals surface area contributed by atoms with Gasteiger partial charge < -0.3 is 24.8 Å². The van der Waals surface area contributed by atoms with Gasteiger partial charge in [-0.2, -0.15) is 0 Å². The van der Waals surface area contributed by atoms with Crippen LogP contribution < -0.4 is 15.4 Å². The molecule has 1 saturated heterocycles. The second kappa shape index (κ2) is 10.5. The van der Waals surface area contributed by atoms with Crippen LogP contribution in [0.25, 0.3) is 11.0 Å². The quantitative estimate of drug-likeness (QED) is 0.349. The van der Waals surface area contributed by atoms with E-state index >= 15 is 0 Å². The zero-order valence-electron chi connectivity index (χ0n) is 22.8. The third-order valence-corrected chi connectivity index (χ3v) is 7.09. The standard InChI is InChI=1S/C30H36N6O2/c1-30(2,3)20-7-6-8-22(17-20)33-29-34-25-18-23(9-10-27(25)36(29)5)38-24-11-14-31-26(19-24)28(37)32-21-12-15-35(4)16-13-21/h6-11,14,17-19,21H,12-13,15-16H2,1-5H3,(H,32,37)(H,33,34). The second-order valence-corrected chi connectivity index (χ2v) is 11.1. The zero-order valence-corrected chi connectivity index (χ0v) is 22.8. The monoisotopic (exact) mass is 512 g/mol. The Morgan fingerprint density at radius 2 is 1.76 bits per heavy atom. The number of anilines is 2. The summed E-state index contributed by atoms with van der Waals surface area (Å²) >= 11 is 0. The Morgan fingerprint density at radius 3 is 2.53 bits per heavy atom. The van der Waals surface area contributed by atoms with Gasteiger partial charge in [0.05, 0.1) is 11.0 Å². The lowest BCUT2D eigenvalue weighted by Crippen LogP contribution is -2.43. The second-order valence-electron chi connectivity index (χ2n) is 11.1. The van der Waals surface area contributed by atoms with Gasteiger partial charge in [-0.1, -0.05) is 32.9 Å². The Bertz CT molecular complexity index is 1450. The number of likely N-dealkylation sites (tertiary alicyclic amines) is 1. The molecule has 1 fully saturated rings. The van der Waals surface area contributed by atoms with Crippen molar-refractivity contribution < 1.29 is 9.53 Å². The number of nitrogens with one attached hydrogen (secondary N) is 2. The maximum atomic E-state index is 12.8. The first-order chi connectivity index (χ1) is 18.2. The molecule has 2 aromatic heterocycles. The summed E-state index contributed by atoms with van der Waals surface area (Å²) in [4.78, 5) is 24.1. The molecular formula is C30H36N6O2. The first-order valence-corrected chi connectivity index (χ1v) is 13.1. The fourth-order valence-electron chi connectivity index (χ4n) is 4.69. The molecule has 0 bridgehead atoms. The van der Waals surface area contributed by atoms with Crippen LogP contribution in [0.1, 0.15) is 49.7 Å². The van der Waals surface area contributed by atoms with Crippen LogP contribution in [-0.2, 0) is 12.5 Å². The number of hydrogen-bond acceptors (Lipinski definition) is 6. The fourth-order valence-corrected chi connectivity index (χ4v) is 4.69. The molecular weight excluding hydrogens is 476 g/mol. The Labute approximate surface area is 224 Å².